The summed E-state index contributed by atoms with van der Waals surface area (Å²) in [7, 11) is 1.60. The van der Waals surface area contributed by atoms with Crippen LogP contribution in [0.4, 0.5) is 5.69 Å². The van der Waals surface area contributed by atoms with Crippen molar-refractivity contribution < 1.29 is 19.2 Å². The molecule has 0 spiro atoms. The molecule has 2 aromatic carbocycles. The van der Waals surface area contributed by atoms with Gasteiger partial charge in [-0.05, 0) is 53.8 Å². The van der Waals surface area contributed by atoms with Gasteiger partial charge in [0.1, 0.15) is 5.70 Å². The fourth-order valence-corrected chi connectivity index (χ4v) is 4.48. The first-order chi connectivity index (χ1) is 16.6. The lowest BCUT2D eigenvalue weighted by Crippen LogP contribution is -2.39. The maximum atomic E-state index is 13.1. The number of nitrogens with one attached hydrogen (secondary N) is 1. The number of rotatable bonds is 6. The van der Waals surface area contributed by atoms with Gasteiger partial charge < -0.3 is 15.1 Å². The van der Waals surface area contributed by atoms with E-state index in [9.17, 15) is 19.2 Å². The Morgan fingerprint density at radius 3 is 2.49 bits per heavy atom. The number of carbonyl (C=O) groups is 4. The van der Waals surface area contributed by atoms with Gasteiger partial charge in [-0.3, -0.25) is 24.1 Å². The molecule has 2 aliphatic rings. The molecule has 0 aliphatic carbocycles. The van der Waals surface area contributed by atoms with Crippen molar-refractivity contribution in [2.45, 2.75) is 26.8 Å². The standard InChI is InChI=1S/C27H28N4O4/c1-6-29(5)26(34)16(2)28-25(33)17(3)31-15-23-21(8-7-9-22(23)27(31)35)19-10-11-24-20(14-19)12-13-30(24)18(4)32/h7-11,14H,2-3,6,12-13,15H2,1,4-5H3,(H,28,33). The highest BCUT2D eigenvalue weighted by Gasteiger charge is 2.34. The summed E-state index contributed by atoms with van der Waals surface area (Å²) in [6.45, 7) is 12.1. The van der Waals surface area contributed by atoms with Crippen LogP contribution in [0.15, 0.2) is 61.0 Å². The van der Waals surface area contributed by atoms with Gasteiger partial charge in [0.25, 0.3) is 17.7 Å². The van der Waals surface area contributed by atoms with E-state index < -0.39 is 11.8 Å². The monoisotopic (exact) mass is 472 g/mol. The van der Waals surface area contributed by atoms with E-state index in [-0.39, 0.29) is 29.8 Å². The lowest BCUT2D eigenvalue weighted by atomic mass is 9.95. The summed E-state index contributed by atoms with van der Waals surface area (Å²) in [5.41, 5.74) is 4.99. The minimum atomic E-state index is -0.655. The Bertz CT molecular complexity index is 1300. The quantitative estimate of drug-likeness (QED) is 0.655. The number of likely N-dealkylation sites (N-methyl/N-ethyl adjacent to an activating group) is 1. The van der Waals surface area contributed by atoms with E-state index in [2.05, 4.69) is 24.5 Å². The second-order valence-electron chi connectivity index (χ2n) is 8.69. The molecule has 2 heterocycles. The van der Waals surface area contributed by atoms with E-state index in [0.717, 1.165) is 34.4 Å². The topological polar surface area (TPSA) is 90.0 Å². The summed E-state index contributed by atoms with van der Waals surface area (Å²) in [5.74, 6) is -1.38. The average Bonchev–Trinajstić information content (AvgIpc) is 3.43. The van der Waals surface area contributed by atoms with Crippen LogP contribution in [0, 0.1) is 0 Å². The number of benzene rings is 2. The predicted molar refractivity (Wildman–Crippen MR) is 133 cm³/mol. The lowest BCUT2D eigenvalue weighted by molar-refractivity contribution is -0.128. The molecule has 180 valence electrons. The molecule has 2 aliphatic heterocycles. The van der Waals surface area contributed by atoms with Gasteiger partial charge in [0, 0.05) is 38.3 Å². The molecule has 0 radical (unpaired) electrons. The predicted octanol–water partition coefficient (Wildman–Crippen LogP) is 2.84. The number of fused-ring (bicyclic) bond motifs is 2. The first kappa shape index (κ1) is 23.9. The van der Waals surface area contributed by atoms with Crippen molar-refractivity contribution in [3.8, 4) is 11.1 Å². The first-order valence-corrected chi connectivity index (χ1v) is 11.4. The molecular formula is C27H28N4O4. The van der Waals surface area contributed by atoms with Crippen LogP contribution >= 0.6 is 0 Å². The summed E-state index contributed by atoms with van der Waals surface area (Å²) >= 11 is 0. The van der Waals surface area contributed by atoms with E-state index in [4.69, 9.17) is 0 Å². The summed E-state index contributed by atoms with van der Waals surface area (Å²) in [6, 6.07) is 11.4. The molecule has 0 bridgehead atoms. The number of hydrogen-bond donors (Lipinski definition) is 1. The Morgan fingerprint density at radius 1 is 1.09 bits per heavy atom. The average molecular weight is 473 g/mol. The molecule has 0 aromatic heterocycles. The van der Waals surface area contributed by atoms with Crippen LogP contribution in [-0.2, 0) is 27.3 Å². The number of amides is 4. The van der Waals surface area contributed by atoms with Crippen molar-refractivity contribution in [1.82, 2.24) is 15.1 Å². The van der Waals surface area contributed by atoms with Gasteiger partial charge >= 0.3 is 0 Å². The Balaban J connectivity index is 1.56. The summed E-state index contributed by atoms with van der Waals surface area (Å²) < 4.78 is 0. The Hall–Kier alpha value is -4.20. The van der Waals surface area contributed by atoms with Crippen LogP contribution in [0.3, 0.4) is 0 Å². The molecule has 8 nitrogen and oxygen atoms in total. The zero-order valence-corrected chi connectivity index (χ0v) is 20.2. The van der Waals surface area contributed by atoms with Gasteiger partial charge in [-0.2, -0.15) is 0 Å². The molecule has 0 atom stereocenters. The largest absolute Gasteiger partial charge is 0.341 e. The zero-order valence-electron chi connectivity index (χ0n) is 20.2. The number of hydrogen-bond acceptors (Lipinski definition) is 4. The molecule has 0 fully saturated rings. The maximum absolute atomic E-state index is 13.1. The van der Waals surface area contributed by atoms with Crippen molar-refractivity contribution in [3.63, 3.8) is 0 Å². The highest BCUT2D eigenvalue weighted by Crippen LogP contribution is 2.37. The summed E-state index contributed by atoms with van der Waals surface area (Å²) in [6.07, 6.45) is 0.773. The van der Waals surface area contributed by atoms with Crippen LogP contribution in [0.25, 0.3) is 11.1 Å². The smallest absolute Gasteiger partial charge is 0.271 e. The van der Waals surface area contributed by atoms with Gasteiger partial charge in [-0.15, -0.1) is 0 Å². The van der Waals surface area contributed by atoms with E-state index >= 15 is 0 Å². The van der Waals surface area contributed by atoms with Crippen molar-refractivity contribution in [1.29, 1.82) is 0 Å². The molecule has 8 heteroatoms. The molecular weight excluding hydrogens is 444 g/mol. The van der Waals surface area contributed by atoms with Gasteiger partial charge in [0.05, 0.1) is 12.2 Å². The summed E-state index contributed by atoms with van der Waals surface area (Å²) in [4.78, 5) is 54.5. The highest BCUT2D eigenvalue weighted by molar-refractivity contribution is 6.08. The third-order valence-electron chi connectivity index (χ3n) is 6.57. The molecule has 0 saturated carbocycles. The molecule has 0 saturated heterocycles. The second-order valence-corrected chi connectivity index (χ2v) is 8.69. The molecule has 2 aromatic rings. The van der Waals surface area contributed by atoms with Gasteiger partial charge in [0.2, 0.25) is 5.91 Å². The van der Waals surface area contributed by atoms with E-state index in [1.54, 1.807) is 24.9 Å². The third-order valence-corrected chi connectivity index (χ3v) is 6.57. The minimum Gasteiger partial charge on any atom is -0.341 e. The van der Waals surface area contributed by atoms with Crippen molar-refractivity contribution in [2.75, 3.05) is 25.0 Å². The van der Waals surface area contributed by atoms with Gasteiger partial charge in [-0.1, -0.05) is 31.4 Å². The van der Waals surface area contributed by atoms with Crippen molar-refractivity contribution >= 4 is 29.3 Å². The SMILES string of the molecule is C=C(NC(=O)C(=C)N1Cc2c(cccc2-c2ccc3c(c2)CCN3C(C)=O)C1=O)C(=O)N(C)CC. The first-order valence-electron chi connectivity index (χ1n) is 11.4. The van der Waals surface area contributed by atoms with Gasteiger partial charge in [-0.25, -0.2) is 0 Å². The molecule has 4 amide bonds. The van der Waals surface area contributed by atoms with Crippen LogP contribution in [0.5, 0.6) is 0 Å². The number of nitrogens with zero attached hydrogens (tertiary/aromatic N) is 3. The van der Waals surface area contributed by atoms with Crippen LogP contribution in [0.1, 0.15) is 35.3 Å². The summed E-state index contributed by atoms with van der Waals surface area (Å²) in [5, 5.41) is 2.46. The van der Waals surface area contributed by atoms with Crippen molar-refractivity contribution in [3.05, 3.63) is 77.6 Å². The molecule has 1 N–H and O–H groups in total. The zero-order chi connectivity index (χ0) is 25.4. The van der Waals surface area contributed by atoms with Crippen LogP contribution in [-0.4, -0.2) is 53.6 Å². The van der Waals surface area contributed by atoms with Crippen LogP contribution in [0.2, 0.25) is 0 Å². The Morgan fingerprint density at radius 2 is 1.80 bits per heavy atom. The Kier molecular flexibility index (Phi) is 6.30. The fraction of sp³-hybridized carbons (Fsp3) is 0.259. The molecule has 35 heavy (non-hydrogen) atoms. The highest BCUT2D eigenvalue weighted by atomic mass is 16.2. The van der Waals surface area contributed by atoms with E-state index in [0.29, 0.717) is 18.7 Å². The van der Waals surface area contributed by atoms with E-state index in [1.165, 1.54) is 9.80 Å². The molecule has 4 rings (SSSR count). The second kappa shape index (κ2) is 9.21. The normalized spacial score (nSPS) is 13.9. The van der Waals surface area contributed by atoms with Crippen molar-refractivity contribution in [2.24, 2.45) is 0 Å². The van der Waals surface area contributed by atoms with Crippen LogP contribution < -0.4 is 10.2 Å². The fourth-order valence-electron chi connectivity index (χ4n) is 4.48. The van der Waals surface area contributed by atoms with E-state index in [1.807, 2.05) is 31.2 Å². The number of carbonyl (C=O) groups excluding carboxylic acids is 4. The maximum Gasteiger partial charge on any atom is 0.271 e. The minimum absolute atomic E-state index is 0.0147. The van der Waals surface area contributed by atoms with Gasteiger partial charge in [0.15, 0.2) is 0 Å². The Labute approximate surface area is 204 Å². The molecule has 0 unspecified atom stereocenters. The third kappa shape index (κ3) is 4.23. The number of anilines is 1. The lowest BCUT2D eigenvalue weighted by Gasteiger charge is -2.20.